The first kappa shape index (κ1) is 14.5. The molecule has 1 aromatic carbocycles. The zero-order valence-corrected chi connectivity index (χ0v) is 10.4. The summed E-state index contributed by atoms with van der Waals surface area (Å²) in [5.74, 6) is -0.644. The number of aliphatic hydroxyl groups excluding tert-OH is 2. The molecule has 0 aliphatic heterocycles. The predicted octanol–water partition coefficient (Wildman–Crippen LogP) is 1.17. The van der Waals surface area contributed by atoms with Crippen molar-refractivity contribution in [2.45, 2.75) is 18.6 Å². The van der Waals surface area contributed by atoms with Crippen molar-refractivity contribution < 1.29 is 19.7 Å². The fourth-order valence-electron chi connectivity index (χ4n) is 1.41. The zero-order valence-electron chi connectivity index (χ0n) is 9.63. The van der Waals surface area contributed by atoms with E-state index < -0.39 is 18.2 Å². The molecule has 0 saturated heterocycles. The Labute approximate surface area is 109 Å². The minimum Gasteiger partial charge on any atom is -0.469 e. The Morgan fingerprint density at radius 1 is 1.56 bits per heavy atom. The minimum absolute atomic E-state index is 0.201. The number of rotatable bonds is 4. The highest BCUT2D eigenvalue weighted by Gasteiger charge is 2.24. The quantitative estimate of drug-likeness (QED) is 0.801. The van der Waals surface area contributed by atoms with Crippen molar-refractivity contribution in [3.05, 3.63) is 34.3 Å². The van der Waals surface area contributed by atoms with Gasteiger partial charge < -0.3 is 14.9 Å². The van der Waals surface area contributed by atoms with Gasteiger partial charge in [0.15, 0.2) is 0 Å². The summed E-state index contributed by atoms with van der Waals surface area (Å²) < 4.78 is 4.39. The van der Waals surface area contributed by atoms with Gasteiger partial charge in [-0.05, 0) is 18.2 Å². The van der Waals surface area contributed by atoms with Crippen molar-refractivity contribution in [1.82, 2.24) is 0 Å². The Kier molecular flexibility index (Phi) is 5.10. The summed E-state index contributed by atoms with van der Waals surface area (Å²) in [4.78, 5) is 11.0. The van der Waals surface area contributed by atoms with Crippen molar-refractivity contribution in [2.24, 2.45) is 0 Å². The number of carbonyl (C=O) groups is 1. The number of aliphatic hydroxyl groups is 2. The maximum atomic E-state index is 11.0. The first-order valence-electron chi connectivity index (χ1n) is 5.12. The summed E-state index contributed by atoms with van der Waals surface area (Å²) in [6, 6.07) is 6.21. The highest BCUT2D eigenvalue weighted by Crippen LogP contribution is 2.27. The molecule has 0 aliphatic rings. The monoisotopic (exact) mass is 269 g/mol. The van der Waals surface area contributed by atoms with E-state index in [2.05, 4.69) is 4.74 Å². The summed E-state index contributed by atoms with van der Waals surface area (Å²) in [5, 5.41) is 28.5. The van der Waals surface area contributed by atoms with Crippen LogP contribution in [0.15, 0.2) is 18.2 Å². The highest BCUT2D eigenvalue weighted by molar-refractivity contribution is 6.31. The lowest BCUT2D eigenvalue weighted by Crippen LogP contribution is -2.22. The predicted molar refractivity (Wildman–Crippen MR) is 63.8 cm³/mol. The Morgan fingerprint density at radius 3 is 2.78 bits per heavy atom. The largest absolute Gasteiger partial charge is 0.469 e. The Bertz CT molecular complexity index is 483. The summed E-state index contributed by atoms with van der Waals surface area (Å²) in [7, 11) is 1.19. The highest BCUT2D eigenvalue weighted by atomic mass is 35.5. The molecular formula is C12H12ClNO4. The van der Waals surface area contributed by atoms with Crippen LogP contribution >= 0.6 is 11.6 Å². The van der Waals surface area contributed by atoms with Gasteiger partial charge in [-0.2, -0.15) is 5.26 Å². The molecule has 0 spiro atoms. The second-order valence-corrected chi connectivity index (χ2v) is 4.05. The van der Waals surface area contributed by atoms with Gasteiger partial charge in [0.1, 0.15) is 6.10 Å². The van der Waals surface area contributed by atoms with E-state index in [0.29, 0.717) is 5.56 Å². The second-order valence-electron chi connectivity index (χ2n) is 3.64. The average molecular weight is 270 g/mol. The van der Waals surface area contributed by atoms with Gasteiger partial charge in [-0.25, -0.2) is 0 Å². The van der Waals surface area contributed by atoms with Gasteiger partial charge in [0.25, 0.3) is 0 Å². The van der Waals surface area contributed by atoms with Crippen LogP contribution in [0, 0.1) is 11.3 Å². The lowest BCUT2D eigenvalue weighted by atomic mass is 10.0. The van der Waals surface area contributed by atoms with Crippen LogP contribution in [0.1, 0.15) is 23.7 Å². The molecule has 2 atom stereocenters. The van der Waals surface area contributed by atoms with E-state index in [1.54, 1.807) is 0 Å². The molecule has 2 unspecified atom stereocenters. The van der Waals surface area contributed by atoms with Crippen LogP contribution in [0.5, 0.6) is 0 Å². The van der Waals surface area contributed by atoms with Crippen LogP contribution in [-0.2, 0) is 9.53 Å². The molecule has 0 saturated carbocycles. The number of nitrogens with zero attached hydrogens (tertiary/aromatic N) is 1. The summed E-state index contributed by atoms with van der Waals surface area (Å²) in [6.07, 6.45) is -3.06. The number of carbonyl (C=O) groups excluding carboxylic acids is 1. The molecule has 1 rings (SSSR count). The van der Waals surface area contributed by atoms with Crippen molar-refractivity contribution >= 4 is 17.6 Å². The van der Waals surface area contributed by atoms with Gasteiger partial charge in [0.2, 0.25) is 0 Å². The number of benzene rings is 1. The van der Waals surface area contributed by atoms with E-state index in [1.165, 1.54) is 25.3 Å². The van der Waals surface area contributed by atoms with Crippen molar-refractivity contribution in [1.29, 1.82) is 5.26 Å². The molecule has 0 heterocycles. The third-order valence-corrected chi connectivity index (χ3v) is 2.76. The maximum Gasteiger partial charge on any atom is 0.308 e. The molecule has 0 aromatic heterocycles. The molecule has 0 amide bonds. The van der Waals surface area contributed by atoms with Crippen molar-refractivity contribution in [2.75, 3.05) is 7.11 Å². The maximum absolute atomic E-state index is 11.0. The molecular weight excluding hydrogens is 258 g/mol. The molecule has 18 heavy (non-hydrogen) atoms. The molecule has 0 bridgehead atoms. The summed E-state index contributed by atoms with van der Waals surface area (Å²) in [5.41, 5.74) is 0.505. The third-order valence-electron chi connectivity index (χ3n) is 2.41. The van der Waals surface area contributed by atoms with Crippen LogP contribution in [-0.4, -0.2) is 29.4 Å². The Hall–Kier alpha value is -1.61. The molecule has 0 fully saturated rings. The molecule has 5 nitrogen and oxygen atoms in total. The number of hydrogen-bond acceptors (Lipinski definition) is 5. The Balaban J connectivity index is 2.92. The van der Waals surface area contributed by atoms with E-state index in [9.17, 15) is 15.0 Å². The normalized spacial score (nSPS) is 13.5. The molecule has 0 radical (unpaired) electrons. The van der Waals surface area contributed by atoms with E-state index in [-0.39, 0.29) is 17.0 Å². The van der Waals surface area contributed by atoms with Gasteiger partial charge >= 0.3 is 5.97 Å². The molecule has 96 valence electrons. The number of ether oxygens (including phenoxy) is 1. The van der Waals surface area contributed by atoms with Crippen molar-refractivity contribution in [3.63, 3.8) is 0 Å². The number of methoxy groups -OCH3 is 1. The summed E-state index contributed by atoms with van der Waals surface area (Å²) >= 11 is 5.87. The van der Waals surface area contributed by atoms with Crippen molar-refractivity contribution in [3.8, 4) is 6.07 Å². The van der Waals surface area contributed by atoms with E-state index in [4.69, 9.17) is 16.9 Å². The van der Waals surface area contributed by atoms with Gasteiger partial charge in [-0.15, -0.1) is 0 Å². The van der Waals surface area contributed by atoms with Gasteiger partial charge in [0.05, 0.1) is 31.3 Å². The third kappa shape index (κ3) is 3.44. The zero-order chi connectivity index (χ0) is 13.7. The Morgan fingerprint density at radius 2 is 2.22 bits per heavy atom. The molecule has 2 N–H and O–H groups in total. The molecule has 6 heteroatoms. The van der Waals surface area contributed by atoms with Gasteiger partial charge in [-0.3, -0.25) is 4.79 Å². The van der Waals surface area contributed by atoms with Crippen LogP contribution in [0.2, 0.25) is 5.02 Å². The van der Waals surface area contributed by atoms with Crippen LogP contribution in [0.25, 0.3) is 0 Å². The summed E-state index contributed by atoms with van der Waals surface area (Å²) in [6.45, 7) is 0. The average Bonchev–Trinajstić information content (AvgIpc) is 2.38. The molecule has 1 aromatic rings. The van der Waals surface area contributed by atoms with E-state index in [1.807, 2.05) is 6.07 Å². The first-order chi connectivity index (χ1) is 8.49. The fourth-order valence-corrected chi connectivity index (χ4v) is 1.64. The number of nitriles is 1. The smallest absolute Gasteiger partial charge is 0.308 e. The number of hydrogen-bond donors (Lipinski definition) is 2. The van der Waals surface area contributed by atoms with Gasteiger partial charge in [-0.1, -0.05) is 11.6 Å². The van der Waals surface area contributed by atoms with Gasteiger partial charge in [0, 0.05) is 10.6 Å². The minimum atomic E-state index is -1.36. The van der Waals surface area contributed by atoms with Crippen LogP contribution in [0.3, 0.4) is 0 Å². The van der Waals surface area contributed by atoms with E-state index in [0.717, 1.165) is 0 Å². The van der Waals surface area contributed by atoms with E-state index >= 15 is 0 Å². The number of halogens is 1. The first-order valence-corrected chi connectivity index (χ1v) is 5.50. The van der Waals surface area contributed by atoms with Crippen LogP contribution < -0.4 is 0 Å². The lowest BCUT2D eigenvalue weighted by molar-refractivity contribution is -0.144. The molecule has 0 aliphatic carbocycles. The second kappa shape index (κ2) is 6.36. The fraction of sp³-hybridized carbons (Fsp3) is 0.333. The lowest BCUT2D eigenvalue weighted by Gasteiger charge is -2.18. The van der Waals surface area contributed by atoms with Crippen LogP contribution in [0.4, 0.5) is 0 Å². The standard InChI is InChI=1S/C12H12ClNO4/c1-18-11(16)5-10(15)12(17)8-4-7(6-14)2-3-9(8)13/h2-4,10,12,15,17H,5H2,1H3. The SMILES string of the molecule is COC(=O)CC(O)C(O)c1cc(C#N)ccc1Cl. The topological polar surface area (TPSA) is 90.6 Å². The number of esters is 1.